The lowest BCUT2D eigenvalue weighted by Crippen LogP contribution is -2.44. The first-order valence-corrected chi connectivity index (χ1v) is 6.93. The van der Waals surface area contributed by atoms with E-state index in [0.29, 0.717) is 17.8 Å². The lowest BCUT2D eigenvalue weighted by atomic mass is 10.1. The van der Waals surface area contributed by atoms with E-state index in [1.807, 2.05) is 6.07 Å². The number of aliphatic hydroxyl groups excluding tert-OH is 1. The van der Waals surface area contributed by atoms with Gasteiger partial charge in [-0.2, -0.15) is 5.26 Å². The Morgan fingerprint density at radius 1 is 1.45 bits per heavy atom. The average Bonchev–Trinajstić information content (AvgIpc) is 2.72. The number of carbonyl (C=O) groups is 1. The average molecular weight is 273 g/mol. The molecule has 2 amide bonds. The molecular weight excluding hydrogens is 254 g/mol. The number of rotatable bonds is 2. The van der Waals surface area contributed by atoms with Gasteiger partial charge in [0.2, 0.25) is 0 Å². The molecule has 106 valence electrons. The highest BCUT2D eigenvalue weighted by Gasteiger charge is 2.24. The van der Waals surface area contributed by atoms with Gasteiger partial charge in [0.25, 0.3) is 0 Å². The maximum absolute atomic E-state index is 12.3. The Kier molecular flexibility index (Phi) is 4.97. The van der Waals surface area contributed by atoms with E-state index in [-0.39, 0.29) is 18.7 Å². The monoisotopic (exact) mass is 273 g/mol. The van der Waals surface area contributed by atoms with Crippen molar-refractivity contribution in [2.45, 2.75) is 31.7 Å². The highest BCUT2D eigenvalue weighted by Crippen LogP contribution is 2.18. The van der Waals surface area contributed by atoms with E-state index in [9.17, 15) is 9.90 Å². The number of anilines is 1. The summed E-state index contributed by atoms with van der Waals surface area (Å²) in [4.78, 5) is 14.0. The minimum Gasteiger partial charge on any atom is -0.394 e. The summed E-state index contributed by atoms with van der Waals surface area (Å²) < 4.78 is 0. The SMILES string of the molecule is N#Cc1cccc(NC(=O)N2CCCCCC2CO)c1. The summed E-state index contributed by atoms with van der Waals surface area (Å²) in [5, 5.41) is 21.1. The molecule has 0 saturated carbocycles. The Morgan fingerprint density at radius 3 is 3.05 bits per heavy atom. The Balaban J connectivity index is 2.07. The molecule has 1 aliphatic heterocycles. The third-order valence-corrected chi connectivity index (χ3v) is 3.59. The first-order valence-electron chi connectivity index (χ1n) is 6.93. The van der Waals surface area contributed by atoms with E-state index in [4.69, 9.17) is 5.26 Å². The summed E-state index contributed by atoms with van der Waals surface area (Å²) in [6, 6.07) is 8.55. The van der Waals surface area contributed by atoms with Crippen LogP contribution in [-0.4, -0.2) is 35.2 Å². The van der Waals surface area contributed by atoms with Crippen molar-refractivity contribution >= 4 is 11.7 Å². The fraction of sp³-hybridized carbons (Fsp3) is 0.467. The fourth-order valence-electron chi connectivity index (χ4n) is 2.50. The molecule has 0 bridgehead atoms. The molecule has 1 heterocycles. The second kappa shape index (κ2) is 6.92. The molecule has 1 atom stereocenters. The molecule has 1 saturated heterocycles. The van der Waals surface area contributed by atoms with Crippen LogP contribution < -0.4 is 5.32 Å². The van der Waals surface area contributed by atoms with Crippen molar-refractivity contribution in [2.75, 3.05) is 18.5 Å². The van der Waals surface area contributed by atoms with E-state index < -0.39 is 0 Å². The van der Waals surface area contributed by atoms with E-state index in [2.05, 4.69) is 5.32 Å². The number of hydrogen-bond donors (Lipinski definition) is 2. The predicted octanol–water partition coefficient (Wildman–Crippen LogP) is 2.33. The zero-order valence-electron chi connectivity index (χ0n) is 11.4. The largest absolute Gasteiger partial charge is 0.394 e. The van der Waals surface area contributed by atoms with Crippen molar-refractivity contribution in [3.8, 4) is 6.07 Å². The van der Waals surface area contributed by atoms with Gasteiger partial charge < -0.3 is 15.3 Å². The highest BCUT2D eigenvalue weighted by molar-refractivity contribution is 5.89. The first kappa shape index (κ1) is 14.4. The number of urea groups is 1. The summed E-state index contributed by atoms with van der Waals surface area (Å²) in [5.41, 5.74) is 1.12. The van der Waals surface area contributed by atoms with Gasteiger partial charge in [0.1, 0.15) is 0 Å². The minimum absolute atomic E-state index is 0.00828. The molecule has 0 radical (unpaired) electrons. The van der Waals surface area contributed by atoms with Gasteiger partial charge in [-0.15, -0.1) is 0 Å². The molecule has 1 aliphatic rings. The van der Waals surface area contributed by atoms with Crippen molar-refractivity contribution in [1.29, 1.82) is 5.26 Å². The normalized spacial score (nSPS) is 19.0. The zero-order valence-corrected chi connectivity index (χ0v) is 11.4. The van der Waals surface area contributed by atoms with Gasteiger partial charge in [-0.3, -0.25) is 0 Å². The molecule has 1 unspecified atom stereocenters. The van der Waals surface area contributed by atoms with Crippen molar-refractivity contribution in [2.24, 2.45) is 0 Å². The molecule has 2 N–H and O–H groups in total. The van der Waals surface area contributed by atoms with Crippen LogP contribution in [0.5, 0.6) is 0 Å². The number of hydrogen-bond acceptors (Lipinski definition) is 3. The molecule has 1 fully saturated rings. The third-order valence-electron chi connectivity index (χ3n) is 3.59. The molecule has 0 spiro atoms. The molecule has 5 nitrogen and oxygen atoms in total. The summed E-state index contributed by atoms with van der Waals surface area (Å²) >= 11 is 0. The van der Waals surface area contributed by atoms with Crippen LogP contribution in [0, 0.1) is 11.3 Å². The molecule has 0 aliphatic carbocycles. The van der Waals surface area contributed by atoms with Crippen LogP contribution in [-0.2, 0) is 0 Å². The van der Waals surface area contributed by atoms with Gasteiger partial charge in [0.05, 0.1) is 24.3 Å². The van der Waals surface area contributed by atoms with Gasteiger partial charge in [0.15, 0.2) is 0 Å². The van der Waals surface area contributed by atoms with Gasteiger partial charge >= 0.3 is 6.03 Å². The van der Waals surface area contributed by atoms with Crippen molar-refractivity contribution < 1.29 is 9.90 Å². The molecule has 20 heavy (non-hydrogen) atoms. The maximum Gasteiger partial charge on any atom is 0.322 e. The standard InChI is InChI=1S/C15H19N3O2/c16-10-12-5-4-6-13(9-12)17-15(20)18-8-3-1-2-7-14(18)11-19/h4-6,9,14,19H,1-3,7-8,11H2,(H,17,20). The van der Waals surface area contributed by atoms with E-state index in [1.54, 1.807) is 29.2 Å². The molecule has 1 aromatic rings. The topological polar surface area (TPSA) is 76.4 Å². The first-order chi connectivity index (χ1) is 9.74. The smallest absolute Gasteiger partial charge is 0.322 e. The van der Waals surface area contributed by atoms with Crippen LogP contribution in [0.4, 0.5) is 10.5 Å². The lowest BCUT2D eigenvalue weighted by molar-refractivity contribution is 0.142. The molecular formula is C15H19N3O2. The van der Waals surface area contributed by atoms with E-state index in [0.717, 1.165) is 25.7 Å². The fourth-order valence-corrected chi connectivity index (χ4v) is 2.50. The van der Waals surface area contributed by atoms with Crippen LogP contribution in [0.1, 0.15) is 31.2 Å². The zero-order chi connectivity index (χ0) is 14.4. The van der Waals surface area contributed by atoms with Crippen molar-refractivity contribution in [1.82, 2.24) is 4.90 Å². The second-order valence-electron chi connectivity index (χ2n) is 5.00. The number of aliphatic hydroxyl groups is 1. The number of nitrogens with zero attached hydrogens (tertiary/aromatic N) is 2. The van der Waals surface area contributed by atoms with Crippen LogP contribution in [0.3, 0.4) is 0 Å². The van der Waals surface area contributed by atoms with E-state index in [1.165, 1.54) is 0 Å². The lowest BCUT2D eigenvalue weighted by Gasteiger charge is -2.28. The highest BCUT2D eigenvalue weighted by atomic mass is 16.3. The number of amides is 2. The number of nitriles is 1. The summed E-state index contributed by atoms with van der Waals surface area (Å²) in [5.74, 6) is 0. The summed E-state index contributed by atoms with van der Waals surface area (Å²) in [6.07, 6.45) is 3.92. The van der Waals surface area contributed by atoms with Gasteiger partial charge in [-0.25, -0.2) is 4.79 Å². The number of carbonyl (C=O) groups excluding carboxylic acids is 1. The summed E-state index contributed by atoms with van der Waals surface area (Å²) in [7, 11) is 0. The third kappa shape index (κ3) is 3.49. The van der Waals surface area contributed by atoms with Crippen molar-refractivity contribution in [3.05, 3.63) is 29.8 Å². The van der Waals surface area contributed by atoms with Crippen LogP contribution in [0.2, 0.25) is 0 Å². The van der Waals surface area contributed by atoms with Crippen LogP contribution >= 0.6 is 0 Å². The van der Waals surface area contributed by atoms with Crippen LogP contribution in [0.15, 0.2) is 24.3 Å². The van der Waals surface area contributed by atoms with Gasteiger partial charge in [-0.1, -0.05) is 18.9 Å². The Labute approximate surface area is 118 Å². The molecule has 0 aromatic heterocycles. The van der Waals surface area contributed by atoms with Gasteiger partial charge in [-0.05, 0) is 31.0 Å². The summed E-state index contributed by atoms with van der Waals surface area (Å²) in [6.45, 7) is 0.653. The Morgan fingerprint density at radius 2 is 2.30 bits per heavy atom. The molecule has 1 aromatic carbocycles. The van der Waals surface area contributed by atoms with Gasteiger partial charge in [0, 0.05) is 12.2 Å². The van der Waals surface area contributed by atoms with E-state index >= 15 is 0 Å². The minimum atomic E-state index is -0.207. The molecule has 5 heteroatoms. The van der Waals surface area contributed by atoms with Crippen LogP contribution in [0.25, 0.3) is 0 Å². The molecule has 2 rings (SSSR count). The maximum atomic E-state index is 12.3. The Bertz CT molecular complexity index is 510. The second-order valence-corrected chi connectivity index (χ2v) is 5.00. The van der Waals surface area contributed by atoms with Crippen molar-refractivity contribution in [3.63, 3.8) is 0 Å². The number of benzene rings is 1. The number of likely N-dealkylation sites (tertiary alicyclic amines) is 1. The quantitative estimate of drug-likeness (QED) is 0.868. The number of nitrogens with one attached hydrogen (secondary N) is 1. The Hall–Kier alpha value is -2.06. The predicted molar refractivity (Wildman–Crippen MR) is 76.2 cm³/mol.